The lowest BCUT2D eigenvalue weighted by Crippen LogP contribution is -2.36. The van der Waals surface area contributed by atoms with E-state index in [-0.39, 0.29) is 11.1 Å². The molecular formula is C19H23ClFN3OS. The first-order valence-corrected chi connectivity index (χ1v) is 9.08. The summed E-state index contributed by atoms with van der Waals surface area (Å²) in [5.41, 5.74) is 1.79. The van der Waals surface area contributed by atoms with Crippen LogP contribution in [0, 0.1) is 5.82 Å². The molecule has 0 spiro atoms. The minimum absolute atomic E-state index is 0.0540. The third kappa shape index (κ3) is 5.83. The standard InChI is InChI=1S/C19H23ClFN3OS/c1-4-25-15-8-5-13(6-9-15)18(24(2)3)12-22-19(26)23-14-7-10-17(21)16(20)11-14/h5-11,18H,4,12H2,1-3H3,(H2,22,23,26). The molecule has 2 aromatic carbocycles. The second-order valence-corrected chi connectivity index (χ2v) is 6.76. The number of rotatable bonds is 7. The van der Waals surface area contributed by atoms with Gasteiger partial charge in [-0.3, -0.25) is 0 Å². The van der Waals surface area contributed by atoms with Crippen molar-refractivity contribution in [1.29, 1.82) is 0 Å². The van der Waals surface area contributed by atoms with E-state index in [0.29, 0.717) is 24.0 Å². The summed E-state index contributed by atoms with van der Waals surface area (Å²) in [7, 11) is 4.03. The number of anilines is 1. The zero-order valence-electron chi connectivity index (χ0n) is 15.1. The molecule has 1 atom stereocenters. The molecule has 2 aromatic rings. The van der Waals surface area contributed by atoms with E-state index >= 15 is 0 Å². The highest BCUT2D eigenvalue weighted by Gasteiger charge is 2.15. The Morgan fingerprint density at radius 1 is 1.23 bits per heavy atom. The summed E-state index contributed by atoms with van der Waals surface area (Å²) in [4.78, 5) is 2.11. The van der Waals surface area contributed by atoms with Gasteiger partial charge in [-0.25, -0.2) is 4.39 Å². The Kier molecular flexibility index (Phi) is 7.63. The van der Waals surface area contributed by atoms with Gasteiger partial charge in [0.1, 0.15) is 11.6 Å². The number of ether oxygens (including phenoxy) is 1. The molecule has 0 aliphatic rings. The number of benzene rings is 2. The molecule has 0 saturated carbocycles. The van der Waals surface area contributed by atoms with Crippen molar-refractivity contribution in [3.8, 4) is 5.75 Å². The van der Waals surface area contributed by atoms with Crippen LogP contribution < -0.4 is 15.4 Å². The summed E-state index contributed by atoms with van der Waals surface area (Å²) in [6, 6.07) is 12.5. The van der Waals surface area contributed by atoms with Crippen LogP contribution in [0.5, 0.6) is 5.75 Å². The van der Waals surface area contributed by atoms with Crippen LogP contribution in [0.15, 0.2) is 42.5 Å². The number of hydrogen-bond donors (Lipinski definition) is 2. The average molecular weight is 396 g/mol. The second-order valence-electron chi connectivity index (χ2n) is 5.95. The normalized spacial score (nSPS) is 11.9. The number of nitrogens with zero attached hydrogens (tertiary/aromatic N) is 1. The molecule has 1 unspecified atom stereocenters. The summed E-state index contributed by atoms with van der Waals surface area (Å²) in [5.74, 6) is 0.395. The molecule has 0 aliphatic heterocycles. The number of likely N-dealkylation sites (N-methyl/N-ethyl adjacent to an activating group) is 1. The molecule has 0 bridgehead atoms. The van der Waals surface area contributed by atoms with Crippen molar-refractivity contribution in [2.75, 3.05) is 32.6 Å². The van der Waals surface area contributed by atoms with E-state index in [0.717, 1.165) is 11.3 Å². The second kappa shape index (κ2) is 9.71. The maximum absolute atomic E-state index is 13.2. The van der Waals surface area contributed by atoms with Gasteiger partial charge in [0.2, 0.25) is 0 Å². The molecule has 0 aromatic heterocycles. The first kappa shape index (κ1) is 20.4. The van der Waals surface area contributed by atoms with Gasteiger partial charge >= 0.3 is 0 Å². The fourth-order valence-electron chi connectivity index (χ4n) is 2.49. The van der Waals surface area contributed by atoms with E-state index in [1.165, 1.54) is 12.1 Å². The quantitative estimate of drug-likeness (QED) is 0.676. The van der Waals surface area contributed by atoms with Crippen LogP contribution in [-0.4, -0.2) is 37.3 Å². The Morgan fingerprint density at radius 3 is 2.50 bits per heavy atom. The van der Waals surface area contributed by atoms with Crippen LogP contribution in [0.3, 0.4) is 0 Å². The lowest BCUT2D eigenvalue weighted by atomic mass is 10.1. The summed E-state index contributed by atoms with van der Waals surface area (Å²) < 4.78 is 18.7. The molecule has 7 heteroatoms. The predicted molar refractivity (Wildman–Crippen MR) is 110 cm³/mol. The van der Waals surface area contributed by atoms with Gasteiger partial charge < -0.3 is 20.3 Å². The molecule has 2 N–H and O–H groups in total. The SMILES string of the molecule is CCOc1ccc(C(CNC(=S)Nc2ccc(F)c(Cl)c2)N(C)C)cc1. The zero-order chi connectivity index (χ0) is 19.1. The van der Waals surface area contributed by atoms with Gasteiger partial charge in [-0.15, -0.1) is 0 Å². The Balaban J connectivity index is 1.96. The minimum atomic E-state index is -0.459. The number of nitrogens with one attached hydrogen (secondary N) is 2. The fraction of sp³-hybridized carbons (Fsp3) is 0.316. The van der Waals surface area contributed by atoms with Crippen molar-refractivity contribution in [3.05, 3.63) is 58.9 Å². The molecule has 0 aliphatic carbocycles. The van der Waals surface area contributed by atoms with Gasteiger partial charge in [0, 0.05) is 12.2 Å². The first-order valence-electron chi connectivity index (χ1n) is 8.29. The van der Waals surface area contributed by atoms with Crippen molar-refractivity contribution < 1.29 is 9.13 Å². The first-order chi connectivity index (χ1) is 12.4. The smallest absolute Gasteiger partial charge is 0.170 e. The van der Waals surface area contributed by atoms with Gasteiger partial charge in [0.05, 0.1) is 17.7 Å². The van der Waals surface area contributed by atoms with Gasteiger partial charge in [0.25, 0.3) is 0 Å². The lowest BCUT2D eigenvalue weighted by molar-refractivity contribution is 0.298. The van der Waals surface area contributed by atoms with Crippen LogP contribution >= 0.6 is 23.8 Å². The van der Waals surface area contributed by atoms with Gasteiger partial charge in [-0.05, 0) is 69.1 Å². The summed E-state index contributed by atoms with van der Waals surface area (Å²) in [6.45, 7) is 3.22. The average Bonchev–Trinajstić information content (AvgIpc) is 2.60. The Bertz CT molecular complexity index is 740. The van der Waals surface area contributed by atoms with Crippen molar-refractivity contribution in [2.24, 2.45) is 0 Å². The zero-order valence-corrected chi connectivity index (χ0v) is 16.6. The molecule has 0 heterocycles. The van der Waals surface area contributed by atoms with Crippen LogP contribution in [0.2, 0.25) is 5.02 Å². The molecule has 26 heavy (non-hydrogen) atoms. The predicted octanol–water partition coefficient (Wildman–Crippen LogP) is 4.47. The van der Waals surface area contributed by atoms with Gasteiger partial charge in [0.15, 0.2) is 5.11 Å². The van der Waals surface area contributed by atoms with Crippen molar-refractivity contribution >= 4 is 34.6 Å². The molecule has 0 fully saturated rings. The summed E-state index contributed by atoms with van der Waals surface area (Å²) >= 11 is 11.1. The number of hydrogen-bond acceptors (Lipinski definition) is 3. The van der Waals surface area contributed by atoms with E-state index < -0.39 is 5.82 Å². The molecule has 0 saturated heterocycles. The Hall–Kier alpha value is -1.89. The highest BCUT2D eigenvalue weighted by Crippen LogP contribution is 2.22. The monoisotopic (exact) mass is 395 g/mol. The van der Waals surface area contributed by atoms with Crippen molar-refractivity contribution in [1.82, 2.24) is 10.2 Å². The minimum Gasteiger partial charge on any atom is -0.494 e. The number of halogens is 2. The molecule has 0 radical (unpaired) electrons. The fourth-order valence-corrected chi connectivity index (χ4v) is 2.87. The van der Waals surface area contributed by atoms with Gasteiger partial charge in [-0.1, -0.05) is 23.7 Å². The van der Waals surface area contributed by atoms with Crippen molar-refractivity contribution in [2.45, 2.75) is 13.0 Å². The van der Waals surface area contributed by atoms with E-state index in [1.54, 1.807) is 6.07 Å². The van der Waals surface area contributed by atoms with Crippen molar-refractivity contribution in [3.63, 3.8) is 0 Å². The molecule has 140 valence electrons. The third-order valence-corrected chi connectivity index (χ3v) is 4.37. The molecule has 4 nitrogen and oxygen atoms in total. The Labute approximate surface area is 164 Å². The van der Waals surface area contributed by atoms with Crippen LogP contribution in [0.1, 0.15) is 18.5 Å². The van der Waals surface area contributed by atoms with Crippen LogP contribution in [0.4, 0.5) is 10.1 Å². The maximum Gasteiger partial charge on any atom is 0.170 e. The lowest BCUT2D eigenvalue weighted by Gasteiger charge is -2.26. The highest BCUT2D eigenvalue weighted by atomic mass is 35.5. The topological polar surface area (TPSA) is 36.5 Å². The van der Waals surface area contributed by atoms with E-state index in [1.807, 2.05) is 45.3 Å². The molecule has 2 rings (SSSR count). The van der Waals surface area contributed by atoms with E-state index in [4.69, 9.17) is 28.6 Å². The van der Waals surface area contributed by atoms with Crippen LogP contribution in [0.25, 0.3) is 0 Å². The van der Waals surface area contributed by atoms with Gasteiger partial charge in [-0.2, -0.15) is 0 Å². The Morgan fingerprint density at radius 2 is 1.92 bits per heavy atom. The molecular weight excluding hydrogens is 373 g/mol. The highest BCUT2D eigenvalue weighted by molar-refractivity contribution is 7.80. The summed E-state index contributed by atoms with van der Waals surface area (Å²) in [6.07, 6.45) is 0. The maximum atomic E-state index is 13.2. The largest absolute Gasteiger partial charge is 0.494 e. The number of thiocarbonyl (C=S) groups is 1. The molecule has 0 amide bonds. The third-order valence-electron chi connectivity index (χ3n) is 3.83. The van der Waals surface area contributed by atoms with E-state index in [2.05, 4.69) is 15.5 Å². The summed E-state index contributed by atoms with van der Waals surface area (Å²) in [5, 5.41) is 6.71. The van der Waals surface area contributed by atoms with Crippen LogP contribution in [-0.2, 0) is 0 Å². The van der Waals surface area contributed by atoms with E-state index in [9.17, 15) is 4.39 Å².